The van der Waals surface area contributed by atoms with Gasteiger partial charge in [0, 0.05) is 26.8 Å². The zero-order valence-corrected chi connectivity index (χ0v) is 17.4. The third-order valence-corrected chi connectivity index (χ3v) is 2.71. The molecule has 0 amide bonds. The normalized spacial score (nSPS) is 8.10. The monoisotopic (exact) mass is 542 g/mol. The first-order valence-electron chi connectivity index (χ1n) is 5.47. The largest absolute Gasteiger partial charge is 2.00 e. The standard InChI is InChI=1S/C7H7ClN.C5H4BrNS.C2H5.W/c1-9-7-4-2-6(8)3-5-7;6-4-1-5(8)3-7-2-4;1-2;/h2-5H,1H3;1-3,8H;1H2,2H3;/q-1;;-1;+2. The van der Waals surface area contributed by atoms with Crippen LogP contribution >= 0.6 is 40.2 Å². The molecule has 0 saturated heterocycles. The number of rotatable bonds is 1. The van der Waals surface area contributed by atoms with Crippen molar-refractivity contribution in [3.8, 4) is 0 Å². The Kier molecular flexibility index (Phi) is 15.5. The van der Waals surface area contributed by atoms with Crippen LogP contribution in [0.1, 0.15) is 6.92 Å². The van der Waals surface area contributed by atoms with Crippen LogP contribution in [0.3, 0.4) is 0 Å². The maximum absolute atomic E-state index is 5.63. The molecule has 2 aromatic rings. The number of hydrogen-bond acceptors (Lipinski definition) is 2. The minimum absolute atomic E-state index is 0. The average Bonchev–Trinajstić information content (AvgIpc) is 2.42. The molecule has 0 aliphatic carbocycles. The number of nitrogens with zero attached hydrogens (tertiary/aromatic N) is 2. The quantitative estimate of drug-likeness (QED) is 0.350. The van der Waals surface area contributed by atoms with Crippen LogP contribution < -0.4 is 0 Å². The molecule has 0 aliphatic heterocycles. The van der Waals surface area contributed by atoms with E-state index in [4.69, 9.17) is 11.6 Å². The van der Waals surface area contributed by atoms with Crippen molar-refractivity contribution in [2.24, 2.45) is 0 Å². The molecule has 0 aliphatic rings. The van der Waals surface area contributed by atoms with Gasteiger partial charge < -0.3 is 12.2 Å². The Morgan fingerprint density at radius 3 is 2.10 bits per heavy atom. The smallest absolute Gasteiger partial charge is 0.687 e. The van der Waals surface area contributed by atoms with Crippen LogP contribution in [0.5, 0.6) is 0 Å². The first kappa shape index (κ1) is 22.3. The molecule has 1 aromatic heterocycles. The van der Waals surface area contributed by atoms with Crippen molar-refractivity contribution in [3.05, 3.63) is 64.5 Å². The summed E-state index contributed by atoms with van der Waals surface area (Å²) in [6.45, 7) is 5.00. The van der Waals surface area contributed by atoms with Gasteiger partial charge in [0.15, 0.2) is 0 Å². The fraction of sp³-hybridized carbons (Fsp3) is 0.143. The van der Waals surface area contributed by atoms with Crippen LogP contribution in [0.4, 0.5) is 5.69 Å². The fourth-order valence-electron chi connectivity index (χ4n) is 0.991. The summed E-state index contributed by atoms with van der Waals surface area (Å²) in [6, 6.07) is 9.29. The van der Waals surface area contributed by atoms with Crippen LogP contribution in [0, 0.1) is 6.92 Å². The van der Waals surface area contributed by atoms with Gasteiger partial charge in [-0.05, 0) is 34.1 Å². The van der Waals surface area contributed by atoms with Gasteiger partial charge in [-0.2, -0.15) is 6.92 Å². The van der Waals surface area contributed by atoms with Crippen molar-refractivity contribution < 1.29 is 21.1 Å². The van der Waals surface area contributed by atoms with E-state index in [0.29, 0.717) is 0 Å². The molecule has 0 N–H and O–H groups in total. The second-order valence-electron chi connectivity index (χ2n) is 3.06. The molecule has 1 heterocycles. The number of aromatic nitrogens is 1. The van der Waals surface area contributed by atoms with E-state index in [0.717, 1.165) is 20.1 Å². The second kappa shape index (κ2) is 13.9. The van der Waals surface area contributed by atoms with E-state index in [1.54, 1.807) is 26.4 Å². The first-order chi connectivity index (χ1) is 9.11. The van der Waals surface area contributed by atoms with Gasteiger partial charge in [-0.3, -0.25) is 4.98 Å². The Bertz CT molecular complexity index is 452. The second-order valence-corrected chi connectivity index (χ2v) is 4.93. The molecular formula is C14H16BrClN2SW. The zero-order chi connectivity index (χ0) is 14.7. The maximum atomic E-state index is 5.63. The molecule has 0 atom stereocenters. The van der Waals surface area contributed by atoms with Crippen LogP contribution in [-0.4, -0.2) is 12.0 Å². The summed E-state index contributed by atoms with van der Waals surface area (Å²) in [7, 11) is 1.75. The van der Waals surface area contributed by atoms with E-state index in [2.05, 4.69) is 45.8 Å². The van der Waals surface area contributed by atoms with E-state index < -0.39 is 0 Å². The van der Waals surface area contributed by atoms with Crippen LogP contribution in [0.15, 0.2) is 52.1 Å². The van der Waals surface area contributed by atoms with Crippen LogP contribution in [0.2, 0.25) is 5.02 Å². The van der Waals surface area contributed by atoms with Gasteiger partial charge in [-0.15, -0.1) is 25.4 Å². The minimum atomic E-state index is 0. The van der Waals surface area contributed by atoms with Gasteiger partial charge in [-0.25, -0.2) is 0 Å². The summed E-state index contributed by atoms with van der Waals surface area (Å²) in [6.07, 6.45) is 3.41. The van der Waals surface area contributed by atoms with E-state index in [1.807, 2.05) is 30.3 Å². The summed E-state index contributed by atoms with van der Waals surface area (Å²) < 4.78 is 0.963. The number of thiol groups is 1. The Morgan fingerprint density at radius 1 is 1.20 bits per heavy atom. The van der Waals surface area contributed by atoms with Crippen molar-refractivity contribution >= 4 is 45.8 Å². The van der Waals surface area contributed by atoms with Crippen molar-refractivity contribution in [2.75, 3.05) is 7.05 Å². The Balaban J connectivity index is 0. The van der Waals surface area contributed by atoms with E-state index >= 15 is 0 Å². The molecule has 1 aromatic carbocycles. The molecule has 2 rings (SSSR count). The Hall–Kier alpha value is -0.0217. The van der Waals surface area contributed by atoms with Crippen LogP contribution in [0.25, 0.3) is 5.32 Å². The molecule has 20 heavy (non-hydrogen) atoms. The van der Waals surface area contributed by atoms with Crippen molar-refractivity contribution in [3.63, 3.8) is 0 Å². The molecule has 0 bridgehead atoms. The molecule has 6 heteroatoms. The summed E-state index contributed by atoms with van der Waals surface area (Å²) in [5.74, 6) is 0. The predicted molar refractivity (Wildman–Crippen MR) is 90.6 cm³/mol. The number of hydrogen-bond donors (Lipinski definition) is 1. The third-order valence-electron chi connectivity index (χ3n) is 1.78. The number of halogens is 2. The Labute approximate surface area is 154 Å². The average molecular weight is 544 g/mol. The third kappa shape index (κ3) is 10.7. The molecular weight excluding hydrogens is 527 g/mol. The minimum Gasteiger partial charge on any atom is -0.687 e. The summed E-state index contributed by atoms with van der Waals surface area (Å²) >= 11 is 12.9. The summed E-state index contributed by atoms with van der Waals surface area (Å²) in [4.78, 5) is 4.73. The van der Waals surface area contributed by atoms with E-state index in [-0.39, 0.29) is 21.1 Å². The summed E-state index contributed by atoms with van der Waals surface area (Å²) in [5.41, 5.74) is 0.958. The number of pyridine rings is 1. The molecule has 0 spiro atoms. The topological polar surface area (TPSA) is 27.0 Å². The number of benzene rings is 1. The fourth-order valence-corrected chi connectivity index (χ4v) is 1.86. The molecule has 108 valence electrons. The van der Waals surface area contributed by atoms with Crippen molar-refractivity contribution in [1.29, 1.82) is 0 Å². The van der Waals surface area contributed by atoms with E-state index in [1.165, 1.54) is 0 Å². The van der Waals surface area contributed by atoms with Gasteiger partial charge in [-0.1, -0.05) is 23.7 Å². The molecule has 0 fully saturated rings. The van der Waals surface area contributed by atoms with Crippen molar-refractivity contribution in [1.82, 2.24) is 4.98 Å². The molecule has 0 unspecified atom stereocenters. The van der Waals surface area contributed by atoms with Gasteiger partial charge in [0.25, 0.3) is 0 Å². The van der Waals surface area contributed by atoms with Gasteiger partial charge in [0.2, 0.25) is 0 Å². The Morgan fingerprint density at radius 2 is 1.75 bits per heavy atom. The molecule has 2 nitrogen and oxygen atoms in total. The summed E-state index contributed by atoms with van der Waals surface area (Å²) in [5, 5.41) is 4.71. The van der Waals surface area contributed by atoms with Crippen molar-refractivity contribution in [2.45, 2.75) is 11.8 Å². The van der Waals surface area contributed by atoms with Gasteiger partial charge >= 0.3 is 21.1 Å². The molecule has 0 saturated carbocycles. The van der Waals surface area contributed by atoms with Gasteiger partial charge in [0.05, 0.1) is 0 Å². The molecule has 0 radical (unpaired) electrons. The van der Waals surface area contributed by atoms with E-state index in [9.17, 15) is 0 Å². The maximum Gasteiger partial charge on any atom is 2.00 e. The van der Waals surface area contributed by atoms with Gasteiger partial charge in [0.1, 0.15) is 0 Å². The first-order valence-corrected chi connectivity index (χ1v) is 7.09. The van der Waals surface area contributed by atoms with Crippen LogP contribution in [-0.2, 0) is 21.1 Å². The SMILES string of the molecule is C[N-]c1ccc(Cl)cc1.Sc1cncc(Br)c1.[CH2-]C.[W+2]. The zero-order valence-electron chi connectivity index (χ0n) is 11.3. The predicted octanol–water partition coefficient (Wildman–Crippen LogP) is 5.95.